The molecule has 0 atom stereocenters. The van der Waals surface area contributed by atoms with Gasteiger partial charge < -0.3 is 10.5 Å². The van der Waals surface area contributed by atoms with E-state index in [1.54, 1.807) is 0 Å². The van der Waals surface area contributed by atoms with Gasteiger partial charge in [0.1, 0.15) is 0 Å². The number of nitrogens with two attached hydrogens (primary N) is 1. The Morgan fingerprint density at radius 3 is 2.12 bits per heavy atom. The van der Waals surface area contributed by atoms with Gasteiger partial charge in [-0.15, -0.1) is 5.10 Å². The lowest BCUT2D eigenvalue weighted by molar-refractivity contribution is 0.316. The lowest BCUT2D eigenvalue weighted by atomic mass is 10.2. The van der Waals surface area contributed by atoms with E-state index in [0.717, 1.165) is 11.3 Å². The van der Waals surface area contributed by atoms with Crippen molar-refractivity contribution >= 4 is 11.6 Å². The van der Waals surface area contributed by atoms with Gasteiger partial charge in [0.2, 0.25) is 5.90 Å². The van der Waals surface area contributed by atoms with Gasteiger partial charge in [-0.05, 0) is 24.3 Å². The van der Waals surface area contributed by atoms with Gasteiger partial charge >= 0.3 is 0 Å². The number of hydrogen-bond donors (Lipinski definition) is 2. The summed E-state index contributed by atoms with van der Waals surface area (Å²) in [7, 11) is 0. The van der Waals surface area contributed by atoms with Crippen LogP contribution in [0.25, 0.3) is 0 Å². The van der Waals surface area contributed by atoms with Gasteiger partial charge in [-0.3, -0.25) is 5.43 Å². The van der Waals surface area contributed by atoms with Crippen LogP contribution in [0.1, 0.15) is 33.3 Å². The predicted octanol–water partition coefficient (Wildman–Crippen LogP) is 2.56. The molecule has 16 heavy (non-hydrogen) atoms. The van der Waals surface area contributed by atoms with E-state index >= 15 is 0 Å². The van der Waals surface area contributed by atoms with E-state index < -0.39 is 0 Å². The summed E-state index contributed by atoms with van der Waals surface area (Å²) >= 11 is 0. The fourth-order valence-electron chi connectivity index (χ4n) is 1.01. The molecule has 3 N–H and O–H groups in total. The molecule has 0 bridgehead atoms. The van der Waals surface area contributed by atoms with Gasteiger partial charge in [0.25, 0.3) is 0 Å². The summed E-state index contributed by atoms with van der Waals surface area (Å²) in [6, 6.07) is 7.39. The lowest BCUT2D eigenvalue weighted by Crippen LogP contribution is -2.02. The topological polar surface area (TPSA) is 59.6 Å². The Balaban J connectivity index is 0.000000509. The Kier molecular flexibility index (Phi) is 7.67. The zero-order valence-electron chi connectivity index (χ0n) is 10.4. The molecular weight excluding hydrogens is 202 g/mol. The van der Waals surface area contributed by atoms with Gasteiger partial charge in [0.05, 0.1) is 0 Å². The summed E-state index contributed by atoms with van der Waals surface area (Å²) in [5, 5.41) is 3.94. The summed E-state index contributed by atoms with van der Waals surface area (Å²) in [5.41, 5.74) is 9.93. The summed E-state index contributed by atoms with van der Waals surface area (Å²) in [6.45, 7) is 8.44. The summed E-state index contributed by atoms with van der Waals surface area (Å²) < 4.78 is 5.18. The molecule has 0 unspecified atom stereocenters. The zero-order chi connectivity index (χ0) is 12.4. The molecule has 4 heteroatoms. The van der Waals surface area contributed by atoms with Crippen molar-refractivity contribution in [3.63, 3.8) is 0 Å². The average molecular weight is 223 g/mol. The van der Waals surface area contributed by atoms with Crippen LogP contribution in [0.15, 0.2) is 29.4 Å². The molecule has 4 nitrogen and oxygen atoms in total. The van der Waals surface area contributed by atoms with Crippen LogP contribution >= 0.6 is 0 Å². The first kappa shape index (κ1) is 14.3. The molecule has 2 rings (SSSR count). The fourth-order valence-corrected chi connectivity index (χ4v) is 1.01. The first-order valence-corrected chi connectivity index (χ1v) is 5.65. The first-order chi connectivity index (χ1) is 7.86. The van der Waals surface area contributed by atoms with E-state index in [-0.39, 0.29) is 0 Å². The maximum atomic E-state index is 5.53. The van der Waals surface area contributed by atoms with E-state index in [1.165, 1.54) is 0 Å². The monoisotopic (exact) mass is 223 g/mol. The van der Waals surface area contributed by atoms with Crippen molar-refractivity contribution in [3.8, 4) is 0 Å². The minimum Gasteiger partial charge on any atom is -0.454 e. The number of nitrogens with zero attached hydrogens (tertiary/aromatic N) is 1. The average Bonchev–Trinajstić information content (AvgIpc) is 2.89. The molecule has 1 aromatic rings. The van der Waals surface area contributed by atoms with Gasteiger partial charge in [-0.2, -0.15) is 0 Å². The summed E-state index contributed by atoms with van der Waals surface area (Å²) in [5.74, 6) is 0.620. The van der Waals surface area contributed by atoms with Crippen molar-refractivity contribution in [1.82, 2.24) is 5.43 Å². The van der Waals surface area contributed by atoms with Crippen LogP contribution in [0.3, 0.4) is 0 Å². The highest BCUT2D eigenvalue weighted by Crippen LogP contribution is 2.08. The van der Waals surface area contributed by atoms with E-state index in [9.17, 15) is 0 Å². The maximum absolute atomic E-state index is 5.53. The Morgan fingerprint density at radius 1 is 1.12 bits per heavy atom. The molecular formula is C12H21N3O. The third-order valence-corrected chi connectivity index (χ3v) is 1.61. The van der Waals surface area contributed by atoms with Crippen LogP contribution in [0.2, 0.25) is 0 Å². The van der Waals surface area contributed by atoms with Crippen LogP contribution in [-0.4, -0.2) is 12.6 Å². The van der Waals surface area contributed by atoms with Gasteiger partial charge in [-0.25, -0.2) is 0 Å². The Hall–Kier alpha value is -1.71. The SMILES string of the molecule is CC.CC.Nc1ccc(C2=NNCO2)cc1. The van der Waals surface area contributed by atoms with Gasteiger partial charge in [-0.1, -0.05) is 27.7 Å². The van der Waals surface area contributed by atoms with Crippen LogP contribution in [-0.2, 0) is 4.74 Å². The summed E-state index contributed by atoms with van der Waals surface area (Å²) in [6.07, 6.45) is 0. The molecule has 1 heterocycles. The van der Waals surface area contributed by atoms with Crippen molar-refractivity contribution in [1.29, 1.82) is 0 Å². The van der Waals surface area contributed by atoms with Crippen LogP contribution in [0, 0.1) is 0 Å². The second kappa shape index (κ2) is 8.59. The fraction of sp³-hybridized carbons (Fsp3) is 0.417. The predicted molar refractivity (Wildman–Crippen MR) is 69.2 cm³/mol. The zero-order valence-corrected chi connectivity index (χ0v) is 10.4. The van der Waals surface area contributed by atoms with Crippen LogP contribution in [0.4, 0.5) is 5.69 Å². The van der Waals surface area contributed by atoms with E-state index in [2.05, 4.69) is 10.5 Å². The number of hydrogen-bond acceptors (Lipinski definition) is 4. The van der Waals surface area contributed by atoms with E-state index in [4.69, 9.17) is 10.5 Å². The van der Waals surface area contributed by atoms with Crippen molar-refractivity contribution in [2.24, 2.45) is 5.10 Å². The van der Waals surface area contributed by atoms with Crippen molar-refractivity contribution in [2.45, 2.75) is 27.7 Å². The molecule has 0 aliphatic carbocycles. The molecule has 0 saturated heterocycles. The third kappa shape index (κ3) is 4.21. The molecule has 90 valence electrons. The lowest BCUT2D eigenvalue weighted by Gasteiger charge is -1.99. The molecule has 1 aliphatic rings. The smallest absolute Gasteiger partial charge is 0.239 e. The molecule has 0 saturated carbocycles. The number of benzene rings is 1. The molecule has 0 spiro atoms. The molecule has 0 amide bonds. The highest BCUT2D eigenvalue weighted by Gasteiger charge is 2.08. The van der Waals surface area contributed by atoms with Crippen LogP contribution in [0.5, 0.6) is 0 Å². The standard InChI is InChI=1S/C8H9N3O.2C2H6/c9-7-3-1-6(2-4-7)8-11-10-5-12-8;2*1-2/h1-4,10H,5,9H2;2*1-2H3. The van der Waals surface area contributed by atoms with Crippen molar-refractivity contribution < 1.29 is 4.74 Å². The Labute approximate surface area is 97.5 Å². The number of anilines is 1. The van der Waals surface area contributed by atoms with Gasteiger partial charge in [0, 0.05) is 11.3 Å². The summed E-state index contributed by atoms with van der Waals surface area (Å²) in [4.78, 5) is 0. The quantitative estimate of drug-likeness (QED) is 0.719. The molecule has 0 radical (unpaired) electrons. The minimum absolute atomic E-state index is 0.444. The highest BCUT2D eigenvalue weighted by atomic mass is 16.5. The molecule has 1 aromatic carbocycles. The molecule has 0 fully saturated rings. The third-order valence-electron chi connectivity index (χ3n) is 1.61. The number of nitrogens with one attached hydrogen (secondary N) is 1. The van der Waals surface area contributed by atoms with Crippen molar-refractivity contribution in [3.05, 3.63) is 29.8 Å². The second-order valence-corrected chi connectivity index (χ2v) is 2.49. The second-order valence-electron chi connectivity index (χ2n) is 2.49. The Bertz CT molecular complexity index is 307. The largest absolute Gasteiger partial charge is 0.454 e. The van der Waals surface area contributed by atoms with E-state index in [0.29, 0.717) is 12.6 Å². The van der Waals surface area contributed by atoms with Crippen molar-refractivity contribution in [2.75, 3.05) is 12.5 Å². The molecule has 0 aromatic heterocycles. The Morgan fingerprint density at radius 2 is 1.69 bits per heavy atom. The minimum atomic E-state index is 0.444. The number of nitrogen functional groups attached to an aromatic ring is 1. The number of ether oxygens (including phenoxy) is 1. The first-order valence-electron chi connectivity index (χ1n) is 5.65. The van der Waals surface area contributed by atoms with Crippen LogP contribution < -0.4 is 11.2 Å². The number of rotatable bonds is 1. The number of hydrazone groups is 1. The highest BCUT2D eigenvalue weighted by molar-refractivity contribution is 5.94. The molecule has 1 aliphatic heterocycles. The van der Waals surface area contributed by atoms with Gasteiger partial charge in [0.15, 0.2) is 6.73 Å². The maximum Gasteiger partial charge on any atom is 0.239 e. The normalized spacial score (nSPS) is 11.9. The van der Waals surface area contributed by atoms with E-state index in [1.807, 2.05) is 52.0 Å².